The number of rotatable bonds is 3. The van der Waals surface area contributed by atoms with Crippen molar-refractivity contribution in [1.29, 1.82) is 0 Å². The van der Waals surface area contributed by atoms with Gasteiger partial charge in [-0.05, 0) is 40.5 Å². The Morgan fingerprint density at radius 1 is 1.29 bits per heavy atom. The molecule has 2 aromatic rings. The van der Waals surface area contributed by atoms with Gasteiger partial charge in [-0.25, -0.2) is 0 Å². The third kappa shape index (κ3) is 2.67. The molecule has 1 aromatic heterocycles. The van der Waals surface area contributed by atoms with E-state index in [1.54, 1.807) is 18.4 Å². The quantitative estimate of drug-likeness (QED) is 0.706. The van der Waals surface area contributed by atoms with E-state index in [2.05, 4.69) is 28.9 Å². The molecule has 2 rings (SSSR count). The summed E-state index contributed by atoms with van der Waals surface area (Å²) in [7, 11) is 1.67. The van der Waals surface area contributed by atoms with Gasteiger partial charge in [-0.1, -0.05) is 18.2 Å². The molecule has 90 valence electrons. The maximum Gasteiger partial charge on any atom is 0.123 e. The molecule has 1 unspecified atom stereocenters. The van der Waals surface area contributed by atoms with Crippen LogP contribution in [-0.4, -0.2) is 7.11 Å². The average Bonchev–Trinajstić information content (AvgIpc) is 2.67. The Hall–Kier alpha value is -0.510. The molecule has 0 aliphatic heterocycles. The van der Waals surface area contributed by atoms with Crippen LogP contribution >= 0.6 is 38.9 Å². The molecule has 1 aromatic carbocycles. The number of para-hydroxylation sites is 1. The lowest BCUT2D eigenvalue weighted by atomic mass is 10.0. The van der Waals surface area contributed by atoms with Crippen molar-refractivity contribution in [2.75, 3.05) is 7.11 Å². The topological polar surface area (TPSA) is 9.23 Å². The first-order valence-electron chi connectivity index (χ1n) is 5.16. The summed E-state index contributed by atoms with van der Waals surface area (Å²) in [6.07, 6.45) is 0. The molecule has 0 N–H and O–H groups in total. The normalized spacial score (nSPS) is 12.5. The average molecular weight is 332 g/mol. The predicted octanol–water partition coefficient (Wildman–Crippen LogP) is 5.16. The van der Waals surface area contributed by atoms with Crippen LogP contribution in [0.15, 0.2) is 34.1 Å². The highest BCUT2D eigenvalue weighted by Crippen LogP contribution is 2.40. The minimum absolute atomic E-state index is 0.173. The van der Waals surface area contributed by atoms with E-state index < -0.39 is 0 Å². The lowest BCUT2D eigenvalue weighted by Gasteiger charge is -2.13. The molecule has 0 aliphatic rings. The van der Waals surface area contributed by atoms with Crippen LogP contribution in [0.25, 0.3) is 0 Å². The molecule has 17 heavy (non-hydrogen) atoms. The van der Waals surface area contributed by atoms with Crippen LogP contribution < -0.4 is 4.74 Å². The van der Waals surface area contributed by atoms with Crippen LogP contribution in [0, 0.1) is 6.92 Å². The SMILES string of the molecule is COc1ccccc1C(Cl)c1cc(Br)sc1C. The largest absolute Gasteiger partial charge is 0.496 e. The van der Waals surface area contributed by atoms with Crippen LogP contribution in [0.2, 0.25) is 0 Å². The number of thiophene rings is 1. The Kier molecular flexibility index (Phi) is 4.13. The lowest BCUT2D eigenvalue weighted by Crippen LogP contribution is -1.97. The monoisotopic (exact) mass is 330 g/mol. The van der Waals surface area contributed by atoms with E-state index >= 15 is 0 Å². The highest BCUT2D eigenvalue weighted by atomic mass is 79.9. The molecule has 4 heteroatoms. The number of aryl methyl sites for hydroxylation is 1. The van der Waals surface area contributed by atoms with Gasteiger partial charge in [0, 0.05) is 10.4 Å². The van der Waals surface area contributed by atoms with Gasteiger partial charge in [-0.15, -0.1) is 22.9 Å². The zero-order chi connectivity index (χ0) is 12.4. The fourth-order valence-electron chi connectivity index (χ4n) is 1.75. The van der Waals surface area contributed by atoms with Gasteiger partial charge >= 0.3 is 0 Å². The number of halogens is 2. The second-order valence-corrected chi connectivity index (χ2v) is 6.74. The van der Waals surface area contributed by atoms with Gasteiger partial charge < -0.3 is 4.74 Å². The molecule has 0 spiro atoms. The molecule has 0 amide bonds. The first-order valence-corrected chi connectivity index (χ1v) is 7.21. The Bertz CT molecular complexity index is 524. The Labute approximate surface area is 119 Å². The van der Waals surface area contributed by atoms with E-state index in [4.69, 9.17) is 16.3 Å². The molecule has 0 bridgehead atoms. The van der Waals surface area contributed by atoms with E-state index in [-0.39, 0.29) is 5.38 Å². The zero-order valence-electron chi connectivity index (χ0n) is 9.54. The third-order valence-electron chi connectivity index (χ3n) is 2.61. The van der Waals surface area contributed by atoms with Crippen LogP contribution in [-0.2, 0) is 0 Å². The number of methoxy groups -OCH3 is 1. The molecule has 0 aliphatic carbocycles. The molecule has 1 nitrogen and oxygen atoms in total. The summed E-state index contributed by atoms with van der Waals surface area (Å²) in [6.45, 7) is 2.08. The van der Waals surface area contributed by atoms with E-state index in [0.717, 1.165) is 20.7 Å². The minimum Gasteiger partial charge on any atom is -0.496 e. The Morgan fingerprint density at radius 2 is 2.00 bits per heavy atom. The Morgan fingerprint density at radius 3 is 2.59 bits per heavy atom. The van der Waals surface area contributed by atoms with Crippen molar-refractivity contribution in [1.82, 2.24) is 0 Å². The maximum atomic E-state index is 6.54. The van der Waals surface area contributed by atoms with Crippen molar-refractivity contribution < 1.29 is 4.74 Å². The van der Waals surface area contributed by atoms with Crippen LogP contribution in [0.3, 0.4) is 0 Å². The fourth-order valence-corrected chi connectivity index (χ4v) is 3.97. The van der Waals surface area contributed by atoms with Gasteiger partial charge in [0.15, 0.2) is 0 Å². The van der Waals surface area contributed by atoms with Gasteiger partial charge in [0.05, 0.1) is 16.3 Å². The number of hydrogen-bond donors (Lipinski definition) is 0. The van der Waals surface area contributed by atoms with Crippen molar-refractivity contribution in [3.63, 3.8) is 0 Å². The summed E-state index contributed by atoms with van der Waals surface area (Å²) in [5.74, 6) is 0.828. The maximum absolute atomic E-state index is 6.54. The number of hydrogen-bond acceptors (Lipinski definition) is 2. The molecule has 0 saturated carbocycles. The zero-order valence-corrected chi connectivity index (χ0v) is 12.7. The molecule has 0 radical (unpaired) electrons. The third-order valence-corrected chi connectivity index (χ3v) is 4.65. The summed E-state index contributed by atoms with van der Waals surface area (Å²) in [5.41, 5.74) is 2.14. The van der Waals surface area contributed by atoms with Gasteiger partial charge in [0.25, 0.3) is 0 Å². The summed E-state index contributed by atoms with van der Waals surface area (Å²) < 4.78 is 6.44. The van der Waals surface area contributed by atoms with Gasteiger partial charge in [0.2, 0.25) is 0 Å². The summed E-state index contributed by atoms with van der Waals surface area (Å²) in [4.78, 5) is 1.22. The standard InChI is InChI=1S/C13H12BrClOS/c1-8-10(7-12(14)17-8)13(15)9-5-3-4-6-11(9)16-2/h3-7,13H,1-2H3. The van der Waals surface area contributed by atoms with Crippen molar-refractivity contribution in [2.24, 2.45) is 0 Å². The molecular weight excluding hydrogens is 320 g/mol. The van der Waals surface area contributed by atoms with E-state index in [0.29, 0.717) is 0 Å². The van der Waals surface area contributed by atoms with Crippen LogP contribution in [0.4, 0.5) is 0 Å². The fraction of sp³-hybridized carbons (Fsp3) is 0.231. The number of ether oxygens (including phenoxy) is 1. The first kappa shape index (κ1) is 12.9. The van der Waals surface area contributed by atoms with Gasteiger partial charge in [-0.3, -0.25) is 0 Å². The van der Waals surface area contributed by atoms with Gasteiger partial charge in [0.1, 0.15) is 5.75 Å². The summed E-state index contributed by atoms with van der Waals surface area (Å²) >= 11 is 11.7. The Balaban J connectivity index is 2.43. The molecule has 0 fully saturated rings. The van der Waals surface area contributed by atoms with Crippen molar-refractivity contribution >= 4 is 38.9 Å². The number of benzene rings is 1. The molecule has 1 atom stereocenters. The molecule has 0 saturated heterocycles. The van der Waals surface area contributed by atoms with Gasteiger partial charge in [-0.2, -0.15) is 0 Å². The first-order chi connectivity index (χ1) is 8.13. The van der Waals surface area contributed by atoms with Crippen LogP contribution in [0.5, 0.6) is 5.75 Å². The van der Waals surface area contributed by atoms with Crippen molar-refractivity contribution in [2.45, 2.75) is 12.3 Å². The second kappa shape index (κ2) is 5.42. The highest BCUT2D eigenvalue weighted by molar-refractivity contribution is 9.11. The van der Waals surface area contributed by atoms with Crippen molar-refractivity contribution in [3.05, 3.63) is 50.1 Å². The minimum atomic E-state index is -0.173. The summed E-state index contributed by atoms with van der Waals surface area (Å²) in [5, 5.41) is -0.173. The highest BCUT2D eigenvalue weighted by Gasteiger charge is 2.18. The second-order valence-electron chi connectivity index (χ2n) is 3.67. The lowest BCUT2D eigenvalue weighted by molar-refractivity contribution is 0.410. The summed E-state index contributed by atoms with van der Waals surface area (Å²) in [6, 6.07) is 9.93. The van der Waals surface area contributed by atoms with E-state index in [9.17, 15) is 0 Å². The smallest absolute Gasteiger partial charge is 0.123 e. The van der Waals surface area contributed by atoms with E-state index in [1.807, 2.05) is 24.3 Å². The number of alkyl halides is 1. The van der Waals surface area contributed by atoms with E-state index in [1.165, 1.54) is 4.88 Å². The van der Waals surface area contributed by atoms with Crippen molar-refractivity contribution in [3.8, 4) is 5.75 Å². The molecule has 1 heterocycles. The molecular formula is C13H12BrClOS. The predicted molar refractivity (Wildman–Crippen MR) is 77.4 cm³/mol. The van der Waals surface area contributed by atoms with Crippen LogP contribution in [0.1, 0.15) is 21.4 Å².